The summed E-state index contributed by atoms with van der Waals surface area (Å²) in [6.07, 6.45) is 4.95. The standard InChI is InChI=1S/C19H18N2O/c1-2-19(20-13-11-15-7-3-5-9-17(15)20)22-21-14-12-16-8-4-6-10-18(16)21/h3-14,19H,2H2,1H3. The molecule has 0 aliphatic heterocycles. The fourth-order valence-electron chi connectivity index (χ4n) is 2.96. The van der Waals surface area contributed by atoms with Gasteiger partial charge in [0.15, 0.2) is 0 Å². The van der Waals surface area contributed by atoms with Gasteiger partial charge in [-0.1, -0.05) is 43.3 Å². The third kappa shape index (κ3) is 2.06. The molecule has 2 aromatic carbocycles. The van der Waals surface area contributed by atoms with Crippen molar-refractivity contribution >= 4 is 21.8 Å². The number of nitrogens with zero attached hydrogens (tertiary/aromatic N) is 2. The van der Waals surface area contributed by atoms with Gasteiger partial charge in [-0.05, 0) is 29.7 Å². The fourth-order valence-corrected chi connectivity index (χ4v) is 2.96. The molecule has 110 valence electrons. The van der Waals surface area contributed by atoms with Crippen LogP contribution in [0.25, 0.3) is 21.8 Å². The summed E-state index contributed by atoms with van der Waals surface area (Å²) in [5.74, 6) is 0. The zero-order valence-corrected chi connectivity index (χ0v) is 12.5. The highest BCUT2D eigenvalue weighted by atomic mass is 16.7. The van der Waals surface area contributed by atoms with Gasteiger partial charge in [-0.25, -0.2) is 0 Å². The SMILES string of the molecule is CCC(On1ccc2ccccc21)n1ccc2ccccc21. The maximum absolute atomic E-state index is 6.25. The molecule has 0 N–H and O–H groups in total. The summed E-state index contributed by atoms with van der Waals surface area (Å²) in [4.78, 5) is 6.25. The van der Waals surface area contributed by atoms with E-state index in [1.165, 1.54) is 16.3 Å². The molecule has 4 aromatic rings. The van der Waals surface area contributed by atoms with Crippen molar-refractivity contribution < 1.29 is 4.84 Å². The van der Waals surface area contributed by atoms with Gasteiger partial charge in [-0.15, -0.1) is 0 Å². The number of rotatable bonds is 4. The number of aromatic nitrogens is 2. The Labute approximate surface area is 129 Å². The van der Waals surface area contributed by atoms with Crippen LogP contribution in [-0.4, -0.2) is 9.30 Å². The topological polar surface area (TPSA) is 19.1 Å². The number of benzene rings is 2. The molecule has 2 aromatic heterocycles. The molecule has 3 heteroatoms. The van der Waals surface area contributed by atoms with Gasteiger partial charge < -0.3 is 9.40 Å². The van der Waals surface area contributed by atoms with Gasteiger partial charge in [-0.3, -0.25) is 0 Å². The van der Waals surface area contributed by atoms with Gasteiger partial charge in [0.05, 0.1) is 11.0 Å². The van der Waals surface area contributed by atoms with Crippen LogP contribution in [0.2, 0.25) is 0 Å². The third-order valence-corrected chi connectivity index (χ3v) is 4.09. The molecule has 2 heterocycles. The predicted octanol–water partition coefficient (Wildman–Crippen LogP) is 4.63. The summed E-state index contributed by atoms with van der Waals surface area (Å²) < 4.78 is 4.07. The Morgan fingerprint density at radius 1 is 0.818 bits per heavy atom. The number of hydrogen-bond acceptors (Lipinski definition) is 1. The minimum Gasteiger partial charge on any atom is -0.388 e. The first kappa shape index (κ1) is 13.0. The molecule has 0 fully saturated rings. The van der Waals surface area contributed by atoms with E-state index in [1.807, 2.05) is 23.1 Å². The molecule has 0 amide bonds. The Morgan fingerprint density at radius 2 is 1.45 bits per heavy atom. The number of para-hydroxylation sites is 2. The smallest absolute Gasteiger partial charge is 0.201 e. The predicted molar refractivity (Wildman–Crippen MR) is 89.8 cm³/mol. The Bertz CT molecular complexity index is 919. The molecule has 1 atom stereocenters. The van der Waals surface area contributed by atoms with Crippen molar-refractivity contribution in [2.24, 2.45) is 0 Å². The van der Waals surface area contributed by atoms with E-state index in [1.54, 1.807) is 0 Å². The summed E-state index contributed by atoms with van der Waals surface area (Å²) in [7, 11) is 0. The maximum atomic E-state index is 6.25. The molecular weight excluding hydrogens is 272 g/mol. The quantitative estimate of drug-likeness (QED) is 0.536. The van der Waals surface area contributed by atoms with Crippen molar-refractivity contribution in [1.29, 1.82) is 0 Å². The largest absolute Gasteiger partial charge is 0.388 e. The average molecular weight is 290 g/mol. The van der Waals surface area contributed by atoms with E-state index in [9.17, 15) is 0 Å². The zero-order chi connectivity index (χ0) is 14.9. The van der Waals surface area contributed by atoms with Crippen LogP contribution in [-0.2, 0) is 0 Å². The molecule has 0 radical (unpaired) electrons. The summed E-state index contributed by atoms with van der Waals surface area (Å²) in [5.41, 5.74) is 2.29. The van der Waals surface area contributed by atoms with E-state index < -0.39 is 0 Å². The summed E-state index contributed by atoms with van der Waals surface area (Å²) in [6, 6.07) is 20.9. The Kier molecular flexibility index (Phi) is 3.11. The highest BCUT2D eigenvalue weighted by molar-refractivity contribution is 5.80. The lowest BCUT2D eigenvalue weighted by molar-refractivity contribution is -0.00265. The van der Waals surface area contributed by atoms with Crippen molar-refractivity contribution in [2.75, 3.05) is 0 Å². The van der Waals surface area contributed by atoms with Crippen LogP contribution in [0.15, 0.2) is 73.1 Å². The van der Waals surface area contributed by atoms with Crippen molar-refractivity contribution in [3.63, 3.8) is 0 Å². The van der Waals surface area contributed by atoms with Crippen LogP contribution < -0.4 is 4.84 Å². The van der Waals surface area contributed by atoms with Crippen molar-refractivity contribution in [2.45, 2.75) is 19.6 Å². The second-order valence-corrected chi connectivity index (χ2v) is 5.45. The zero-order valence-electron chi connectivity index (χ0n) is 12.5. The van der Waals surface area contributed by atoms with Gasteiger partial charge in [0.2, 0.25) is 6.23 Å². The van der Waals surface area contributed by atoms with Crippen LogP contribution in [0.3, 0.4) is 0 Å². The first-order valence-electron chi connectivity index (χ1n) is 7.65. The molecular formula is C19H18N2O. The van der Waals surface area contributed by atoms with E-state index >= 15 is 0 Å². The van der Waals surface area contributed by atoms with Gasteiger partial charge in [0, 0.05) is 24.2 Å². The van der Waals surface area contributed by atoms with E-state index in [4.69, 9.17) is 4.84 Å². The second-order valence-electron chi connectivity index (χ2n) is 5.45. The maximum Gasteiger partial charge on any atom is 0.201 e. The lowest BCUT2D eigenvalue weighted by Gasteiger charge is -2.21. The first-order valence-corrected chi connectivity index (χ1v) is 7.65. The molecule has 0 spiro atoms. The lowest BCUT2D eigenvalue weighted by Crippen LogP contribution is -2.21. The van der Waals surface area contributed by atoms with Gasteiger partial charge in [0.1, 0.15) is 0 Å². The summed E-state index contributed by atoms with van der Waals surface area (Å²) in [5, 5.41) is 2.43. The van der Waals surface area contributed by atoms with Crippen molar-refractivity contribution in [3.05, 3.63) is 73.1 Å². The molecule has 0 saturated carbocycles. The Hall–Kier alpha value is -2.68. The van der Waals surface area contributed by atoms with Crippen LogP contribution in [0.4, 0.5) is 0 Å². The van der Waals surface area contributed by atoms with E-state index in [-0.39, 0.29) is 6.23 Å². The fraction of sp³-hybridized carbons (Fsp3) is 0.158. The highest BCUT2D eigenvalue weighted by Gasteiger charge is 2.14. The monoisotopic (exact) mass is 290 g/mol. The third-order valence-electron chi connectivity index (χ3n) is 4.09. The van der Waals surface area contributed by atoms with E-state index in [0.29, 0.717) is 0 Å². The van der Waals surface area contributed by atoms with Gasteiger partial charge >= 0.3 is 0 Å². The summed E-state index contributed by atoms with van der Waals surface area (Å²) in [6.45, 7) is 2.14. The minimum absolute atomic E-state index is 0.0318. The first-order chi connectivity index (χ1) is 10.9. The van der Waals surface area contributed by atoms with Crippen LogP contribution in [0.1, 0.15) is 19.6 Å². The van der Waals surface area contributed by atoms with Crippen LogP contribution in [0, 0.1) is 0 Å². The molecule has 22 heavy (non-hydrogen) atoms. The Balaban J connectivity index is 1.73. The molecule has 4 rings (SSSR count). The molecule has 0 bridgehead atoms. The molecule has 0 saturated heterocycles. The Morgan fingerprint density at radius 3 is 2.23 bits per heavy atom. The number of hydrogen-bond donors (Lipinski definition) is 0. The van der Waals surface area contributed by atoms with E-state index in [2.05, 4.69) is 66.2 Å². The van der Waals surface area contributed by atoms with Gasteiger partial charge in [0.25, 0.3) is 0 Å². The molecule has 1 unspecified atom stereocenters. The lowest BCUT2D eigenvalue weighted by atomic mass is 10.2. The second kappa shape index (κ2) is 5.26. The van der Waals surface area contributed by atoms with Crippen LogP contribution in [0.5, 0.6) is 0 Å². The minimum atomic E-state index is -0.0318. The highest BCUT2D eigenvalue weighted by Crippen LogP contribution is 2.23. The van der Waals surface area contributed by atoms with Crippen molar-refractivity contribution in [1.82, 2.24) is 9.30 Å². The molecule has 3 nitrogen and oxygen atoms in total. The normalized spacial score (nSPS) is 12.8. The van der Waals surface area contributed by atoms with Crippen LogP contribution >= 0.6 is 0 Å². The van der Waals surface area contributed by atoms with Gasteiger partial charge in [-0.2, -0.15) is 4.73 Å². The number of fused-ring (bicyclic) bond motifs is 2. The van der Waals surface area contributed by atoms with Crippen molar-refractivity contribution in [3.8, 4) is 0 Å². The molecule has 0 aliphatic rings. The molecule has 0 aliphatic carbocycles. The average Bonchev–Trinajstić information content (AvgIpc) is 3.17. The summed E-state index contributed by atoms with van der Waals surface area (Å²) >= 11 is 0. The van der Waals surface area contributed by atoms with E-state index in [0.717, 1.165) is 11.9 Å².